The number of hydrogen-bond donors (Lipinski definition) is 0. The van der Waals surface area contributed by atoms with E-state index in [0.717, 1.165) is 21.6 Å². The van der Waals surface area contributed by atoms with E-state index in [9.17, 15) is 14.4 Å². The predicted octanol–water partition coefficient (Wildman–Crippen LogP) is 1.91. The molecule has 0 fully saturated rings. The van der Waals surface area contributed by atoms with Crippen LogP contribution >= 0.6 is 0 Å². The van der Waals surface area contributed by atoms with Crippen LogP contribution in [0.25, 0.3) is 22.6 Å². The lowest BCUT2D eigenvalue weighted by molar-refractivity contribution is -0.119. The Kier molecular flexibility index (Phi) is 4.41. The third-order valence-electron chi connectivity index (χ3n) is 5.77. The van der Waals surface area contributed by atoms with Gasteiger partial charge in [-0.15, -0.1) is 0 Å². The highest BCUT2D eigenvalue weighted by molar-refractivity contribution is 5.81. The van der Waals surface area contributed by atoms with Crippen molar-refractivity contribution in [3.63, 3.8) is 0 Å². The second kappa shape index (κ2) is 6.72. The first-order valence-electron chi connectivity index (χ1n) is 9.56. The number of hydrogen-bond acceptors (Lipinski definition) is 5. The molecule has 0 aliphatic rings. The van der Waals surface area contributed by atoms with Gasteiger partial charge in [0.15, 0.2) is 16.9 Å². The van der Waals surface area contributed by atoms with Crippen LogP contribution in [0.2, 0.25) is 0 Å². The van der Waals surface area contributed by atoms with Crippen molar-refractivity contribution in [1.82, 2.24) is 23.1 Å². The van der Waals surface area contributed by atoms with E-state index in [0.29, 0.717) is 11.5 Å². The van der Waals surface area contributed by atoms with E-state index in [1.165, 1.54) is 11.5 Å². The van der Waals surface area contributed by atoms with E-state index in [1.54, 1.807) is 25.5 Å². The minimum atomic E-state index is -0.871. The molecule has 0 spiro atoms. The fourth-order valence-corrected chi connectivity index (χ4v) is 3.84. The Hall–Kier alpha value is -3.62. The molecule has 1 atom stereocenters. The maximum atomic E-state index is 13.4. The van der Waals surface area contributed by atoms with Crippen molar-refractivity contribution in [3.05, 3.63) is 56.5 Å². The number of carbonyl (C=O) groups is 1. The molecule has 0 aliphatic carbocycles. The second-order valence-corrected chi connectivity index (χ2v) is 7.40. The van der Waals surface area contributed by atoms with Crippen LogP contribution in [0.15, 0.2) is 33.9 Å². The second-order valence-electron chi connectivity index (χ2n) is 7.40. The van der Waals surface area contributed by atoms with Gasteiger partial charge in [-0.3, -0.25) is 23.1 Å². The normalized spacial score (nSPS) is 12.6. The maximum Gasteiger partial charge on any atom is 0.333 e. The zero-order chi connectivity index (χ0) is 21.9. The molecule has 30 heavy (non-hydrogen) atoms. The highest BCUT2D eigenvalue weighted by Crippen LogP contribution is 2.29. The summed E-state index contributed by atoms with van der Waals surface area (Å²) in [4.78, 5) is 42.8. The highest BCUT2D eigenvalue weighted by atomic mass is 16.5. The minimum absolute atomic E-state index is 0.259. The summed E-state index contributed by atoms with van der Waals surface area (Å²) >= 11 is 0. The van der Waals surface area contributed by atoms with E-state index in [4.69, 9.17) is 4.74 Å². The van der Waals surface area contributed by atoms with Gasteiger partial charge in [0.1, 0.15) is 5.75 Å². The van der Waals surface area contributed by atoms with Crippen LogP contribution in [0.1, 0.15) is 31.3 Å². The van der Waals surface area contributed by atoms with Crippen molar-refractivity contribution in [1.29, 1.82) is 0 Å². The topological polar surface area (TPSA) is 92.5 Å². The number of Topliss-reactive ketones (excluding diaryl/α,β-unsaturated/α-hetero) is 1. The molecule has 9 nitrogen and oxygen atoms in total. The molecule has 0 radical (unpaired) electrons. The van der Waals surface area contributed by atoms with Crippen LogP contribution in [-0.4, -0.2) is 36.0 Å². The van der Waals surface area contributed by atoms with Gasteiger partial charge in [0.25, 0.3) is 5.56 Å². The molecule has 0 N–H and O–H groups in total. The number of nitrogens with zero attached hydrogens (tertiary/aromatic N) is 5. The number of fused-ring (bicyclic) bond motifs is 3. The van der Waals surface area contributed by atoms with Crippen LogP contribution in [0.3, 0.4) is 0 Å². The molecule has 0 saturated carbocycles. The first-order valence-corrected chi connectivity index (χ1v) is 9.56. The van der Waals surface area contributed by atoms with E-state index in [1.807, 2.05) is 42.7 Å². The van der Waals surface area contributed by atoms with Crippen molar-refractivity contribution in [2.24, 2.45) is 7.05 Å². The molecule has 3 heterocycles. The van der Waals surface area contributed by atoms with Gasteiger partial charge in [-0.1, -0.05) is 12.1 Å². The van der Waals surface area contributed by atoms with Crippen molar-refractivity contribution >= 4 is 22.7 Å². The molecule has 4 rings (SSSR count). The molecule has 3 aromatic heterocycles. The van der Waals surface area contributed by atoms with Gasteiger partial charge in [-0.05, 0) is 39.8 Å². The van der Waals surface area contributed by atoms with Gasteiger partial charge in [0.2, 0.25) is 5.78 Å². The average Bonchev–Trinajstić information content (AvgIpc) is 3.22. The molecule has 0 amide bonds. The smallest absolute Gasteiger partial charge is 0.333 e. The van der Waals surface area contributed by atoms with Gasteiger partial charge in [-0.2, -0.15) is 4.98 Å². The summed E-state index contributed by atoms with van der Waals surface area (Å²) in [5.41, 5.74) is 1.86. The first kappa shape index (κ1) is 19.7. The largest absolute Gasteiger partial charge is 0.495 e. The summed E-state index contributed by atoms with van der Waals surface area (Å²) in [6.07, 6.45) is 0. The molecule has 0 unspecified atom stereocenters. The Morgan fingerprint density at radius 2 is 1.80 bits per heavy atom. The van der Waals surface area contributed by atoms with Crippen molar-refractivity contribution < 1.29 is 9.53 Å². The number of aryl methyl sites for hydroxylation is 2. The highest BCUT2D eigenvalue weighted by Gasteiger charge is 2.26. The minimum Gasteiger partial charge on any atom is -0.495 e. The summed E-state index contributed by atoms with van der Waals surface area (Å²) in [6.45, 7) is 6.73. The molecule has 4 aromatic rings. The van der Waals surface area contributed by atoms with Gasteiger partial charge >= 0.3 is 5.69 Å². The van der Waals surface area contributed by atoms with Crippen LogP contribution < -0.4 is 16.0 Å². The number of methoxy groups -OCH3 is 1. The van der Waals surface area contributed by atoms with Crippen molar-refractivity contribution in [2.75, 3.05) is 7.11 Å². The summed E-state index contributed by atoms with van der Waals surface area (Å²) in [7, 11) is 3.14. The Balaban J connectivity index is 2.22. The quantitative estimate of drug-likeness (QED) is 0.513. The van der Waals surface area contributed by atoms with Crippen LogP contribution in [0.4, 0.5) is 0 Å². The van der Waals surface area contributed by atoms with E-state index in [2.05, 4.69) is 4.98 Å². The van der Waals surface area contributed by atoms with E-state index >= 15 is 0 Å². The van der Waals surface area contributed by atoms with Crippen molar-refractivity contribution in [3.8, 4) is 11.4 Å². The van der Waals surface area contributed by atoms with Gasteiger partial charge < -0.3 is 4.74 Å². The third-order valence-corrected chi connectivity index (χ3v) is 5.77. The Labute approximate surface area is 171 Å². The maximum absolute atomic E-state index is 13.4. The number of ketones is 1. The molecular formula is C21H23N5O4. The number of aromatic nitrogens is 5. The fourth-order valence-electron chi connectivity index (χ4n) is 3.84. The zero-order valence-corrected chi connectivity index (χ0v) is 17.8. The molecular weight excluding hydrogens is 386 g/mol. The first-order chi connectivity index (χ1) is 14.2. The molecule has 0 saturated heterocycles. The number of rotatable bonds is 4. The average molecular weight is 409 g/mol. The molecule has 0 aliphatic heterocycles. The zero-order valence-electron chi connectivity index (χ0n) is 17.8. The van der Waals surface area contributed by atoms with E-state index < -0.39 is 17.3 Å². The molecule has 0 bridgehead atoms. The standard InChI is InChI=1S/C21H23N5O4/c1-11-12(2)25-17-18(23(5)21(29)26(19(17)28)13(3)14(4)27)22-20(25)24(11)15-9-7-8-10-16(15)30-6/h7-10,13H,1-6H3/t13-/m0/s1. The Morgan fingerprint density at radius 1 is 1.13 bits per heavy atom. The van der Waals surface area contributed by atoms with E-state index in [-0.39, 0.29) is 16.9 Å². The lowest BCUT2D eigenvalue weighted by Gasteiger charge is -2.13. The summed E-state index contributed by atoms with van der Waals surface area (Å²) < 4.78 is 11.5. The molecule has 1 aromatic carbocycles. The summed E-state index contributed by atoms with van der Waals surface area (Å²) in [6, 6.07) is 6.64. The van der Waals surface area contributed by atoms with Crippen LogP contribution in [0, 0.1) is 13.8 Å². The Bertz CT molecular complexity index is 1450. The lowest BCUT2D eigenvalue weighted by atomic mass is 10.2. The van der Waals surface area contributed by atoms with Crippen molar-refractivity contribution in [2.45, 2.75) is 33.7 Å². The molecule has 156 valence electrons. The number of para-hydroxylation sites is 2. The number of carbonyl (C=O) groups excluding carboxylic acids is 1. The SMILES string of the molecule is COc1ccccc1-n1c(C)c(C)n2c3c(=O)n([C@@H](C)C(C)=O)c(=O)n(C)c3nc12. The summed E-state index contributed by atoms with van der Waals surface area (Å²) in [5, 5.41) is 0. The van der Waals surface area contributed by atoms with Gasteiger partial charge in [0.05, 0.1) is 18.8 Å². The van der Waals surface area contributed by atoms with Crippen LogP contribution in [0.5, 0.6) is 5.75 Å². The fraction of sp³-hybridized carbons (Fsp3) is 0.333. The number of ether oxygens (including phenoxy) is 1. The monoisotopic (exact) mass is 409 g/mol. The lowest BCUT2D eigenvalue weighted by Crippen LogP contribution is -2.42. The number of benzene rings is 1. The predicted molar refractivity (Wildman–Crippen MR) is 113 cm³/mol. The van der Waals surface area contributed by atoms with Crippen LogP contribution in [-0.2, 0) is 11.8 Å². The Morgan fingerprint density at radius 3 is 2.43 bits per heavy atom. The third kappa shape index (κ3) is 2.47. The summed E-state index contributed by atoms with van der Waals surface area (Å²) in [5.74, 6) is 0.875. The van der Waals surface area contributed by atoms with Gasteiger partial charge in [-0.25, -0.2) is 9.36 Å². The molecule has 9 heteroatoms. The number of imidazole rings is 2. The van der Waals surface area contributed by atoms with Gasteiger partial charge in [0, 0.05) is 18.4 Å².